The van der Waals surface area contributed by atoms with Gasteiger partial charge in [-0.1, -0.05) is 0 Å². The summed E-state index contributed by atoms with van der Waals surface area (Å²) >= 11 is 0. The van der Waals surface area contributed by atoms with Crippen LogP contribution < -0.4 is 14.4 Å². The molecule has 0 atom stereocenters. The van der Waals surface area contributed by atoms with E-state index in [4.69, 9.17) is 14.2 Å². The molecule has 0 N–H and O–H groups in total. The molecule has 2 aliphatic heterocycles. The van der Waals surface area contributed by atoms with E-state index in [1.807, 2.05) is 36.5 Å². The molecule has 0 spiro atoms. The second-order valence-corrected chi connectivity index (χ2v) is 5.49. The van der Waals surface area contributed by atoms with E-state index in [1.54, 1.807) is 0 Å². The lowest BCUT2D eigenvalue weighted by atomic mass is 10.2. The minimum absolute atomic E-state index is 0.291. The van der Waals surface area contributed by atoms with Crippen LogP contribution in [0, 0.1) is 0 Å². The lowest BCUT2D eigenvalue weighted by molar-refractivity contribution is 0.122. The van der Waals surface area contributed by atoms with E-state index in [1.165, 1.54) is 5.69 Å². The van der Waals surface area contributed by atoms with E-state index in [-0.39, 0.29) is 0 Å². The van der Waals surface area contributed by atoms with Gasteiger partial charge in [-0.05, 0) is 48.0 Å². The highest BCUT2D eigenvalue weighted by Crippen LogP contribution is 2.32. The van der Waals surface area contributed by atoms with Gasteiger partial charge in [0.25, 0.3) is 0 Å². The van der Waals surface area contributed by atoms with Gasteiger partial charge < -0.3 is 19.1 Å². The molecule has 5 nitrogen and oxygen atoms in total. The zero-order valence-electron chi connectivity index (χ0n) is 12.8. The molecule has 1 saturated heterocycles. The monoisotopic (exact) mass is 310 g/mol. The molecule has 0 bridgehead atoms. The van der Waals surface area contributed by atoms with Gasteiger partial charge >= 0.3 is 0 Å². The number of fused-ring (bicyclic) bond motifs is 1. The third kappa shape index (κ3) is 3.14. The van der Waals surface area contributed by atoms with Crippen LogP contribution in [0.5, 0.6) is 11.5 Å². The Kier molecular flexibility index (Phi) is 3.86. The van der Waals surface area contributed by atoms with E-state index in [9.17, 15) is 0 Å². The quantitative estimate of drug-likeness (QED) is 0.818. The SMILES string of the molecule is C(=Nc1ccc(N2CCOCC2)cc1)c1ccc2c(c1)OCO2. The Labute approximate surface area is 135 Å². The van der Waals surface area contributed by atoms with Crippen LogP contribution in [0.4, 0.5) is 11.4 Å². The van der Waals surface area contributed by atoms with Crippen molar-refractivity contribution in [2.24, 2.45) is 4.99 Å². The highest BCUT2D eigenvalue weighted by Gasteiger charge is 2.12. The van der Waals surface area contributed by atoms with Gasteiger partial charge in [-0.3, -0.25) is 4.99 Å². The number of aliphatic imine (C=N–C) groups is 1. The van der Waals surface area contributed by atoms with E-state index >= 15 is 0 Å². The zero-order chi connectivity index (χ0) is 15.5. The fraction of sp³-hybridized carbons (Fsp3) is 0.278. The Hall–Kier alpha value is -2.53. The van der Waals surface area contributed by atoms with E-state index < -0.39 is 0 Å². The predicted octanol–water partition coefficient (Wildman–Crippen LogP) is 3.00. The molecule has 2 aliphatic rings. The molecule has 0 radical (unpaired) electrons. The maximum Gasteiger partial charge on any atom is 0.231 e. The summed E-state index contributed by atoms with van der Waals surface area (Å²) in [4.78, 5) is 6.85. The van der Waals surface area contributed by atoms with Gasteiger partial charge in [0.1, 0.15) is 0 Å². The van der Waals surface area contributed by atoms with Crippen molar-refractivity contribution in [2.75, 3.05) is 38.0 Å². The lowest BCUT2D eigenvalue weighted by Crippen LogP contribution is -2.36. The Morgan fingerprint density at radius 3 is 2.52 bits per heavy atom. The van der Waals surface area contributed by atoms with Crippen LogP contribution in [0.15, 0.2) is 47.5 Å². The van der Waals surface area contributed by atoms with Crippen molar-refractivity contribution in [3.8, 4) is 11.5 Å². The van der Waals surface area contributed by atoms with Crippen LogP contribution in [0.25, 0.3) is 0 Å². The maximum atomic E-state index is 5.38. The van der Waals surface area contributed by atoms with Crippen molar-refractivity contribution in [3.63, 3.8) is 0 Å². The van der Waals surface area contributed by atoms with Crippen molar-refractivity contribution in [3.05, 3.63) is 48.0 Å². The van der Waals surface area contributed by atoms with Crippen molar-refractivity contribution < 1.29 is 14.2 Å². The van der Waals surface area contributed by atoms with Crippen LogP contribution in [0.3, 0.4) is 0 Å². The average molecular weight is 310 g/mol. The van der Waals surface area contributed by atoms with Crippen molar-refractivity contribution in [2.45, 2.75) is 0 Å². The average Bonchev–Trinajstić information content (AvgIpc) is 3.09. The summed E-state index contributed by atoms with van der Waals surface area (Å²) in [5.41, 5.74) is 3.14. The van der Waals surface area contributed by atoms with Gasteiger partial charge in [0.2, 0.25) is 6.79 Å². The Balaban J connectivity index is 1.46. The highest BCUT2D eigenvalue weighted by atomic mass is 16.7. The summed E-state index contributed by atoms with van der Waals surface area (Å²) in [6.45, 7) is 3.77. The molecule has 23 heavy (non-hydrogen) atoms. The Morgan fingerprint density at radius 1 is 0.913 bits per heavy atom. The molecule has 0 saturated carbocycles. The largest absolute Gasteiger partial charge is 0.454 e. The number of rotatable bonds is 3. The van der Waals surface area contributed by atoms with E-state index in [2.05, 4.69) is 22.0 Å². The fourth-order valence-electron chi connectivity index (χ4n) is 2.71. The lowest BCUT2D eigenvalue weighted by Gasteiger charge is -2.28. The minimum Gasteiger partial charge on any atom is -0.454 e. The number of nitrogens with zero attached hydrogens (tertiary/aromatic N) is 2. The van der Waals surface area contributed by atoms with E-state index in [0.717, 1.165) is 49.1 Å². The summed E-state index contributed by atoms with van der Waals surface area (Å²) in [5, 5.41) is 0. The van der Waals surface area contributed by atoms with Crippen LogP contribution in [0.2, 0.25) is 0 Å². The second kappa shape index (κ2) is 6.30. The van der Waals surface area contributed by atoms with Crippen molar-refractivity contribution in [1.29, 1.82) is 0 Å². The third-order valence-corrected chi connectivity index (χ3v) is 3.99. The molecule has 0 aromatic heterocycles. The molecule has 2 aromatic carbocycles. The fourth-order valence-corrected chi connectivity index (χ4v) is 2.71. The van der Waals surface area contributed by atoms with Gasteiger partial charge in [-0.25, -0.2) is 0 Å². The molecule has 0 unspecified atom stereocenters. The number of anilines is 1. The van der Waals surface area contributed by atoms with Crippen molar-refractivity contribution in [1.82, 2.24) is 0 Å². The van der Waals surface area contributed by atoms with Gasteiger partial charge in [-0.2, -0.15) is 0 Å². The minimum atomic E-state index is 0.291. The first-order valence-corrected chi connectivity index (χ1v) is 7.75. The number of hydrogen-bond donors (Lipinski definition) is 0. The first-order valence-electron chi connectivity index (χ1n) is 7.75. The number of morpholine rings is 1. The van der Waals surface area contributed by atoms with Crippen LogP contribution >= 0.6 is 0 Å². The second-order valence-electron chi connectivity index (χ2n) is 5.49. The molecule has 4 rings (SSSR count). The molecule has 1 fully saturated rings. The summed E-state index contributed by atoms with van der Waals surface area (Å²) in [7, 11) is 0. The van der Waals surface area contributed by atoms with Gasteiger partial charge in [0.05, 0.1) is 18.9 Å². The summed E-state index contributed by atoms with van der Waals surface area (Å²) < 4.78 is 16.1. The van der Waals surface area contributed by atoms with Crippen LogP contribution in [-0.4, -0.2) is 39.3 Å². The predicted molar refractivity (Wildman–Crippen MR) is 89.3 cm³/mol. The van der Waals surface area contributed by atoms with Crippen LogP contribution in [0.1, 0.15) is 5.56 Å². The molecule has 0 aliphatic carbocycles. The summed E-state index contributed by atoms with van der Waals surface area (Å²) in [5.74, 6) is 1.56. The molecular weight excluding hydrogens is 292 g/mol. The molecule has 2 heterocycles. The smallest absolute Gasteiger partial charge is 0.231 e. The standard InChI is InChI=1S/C18H18N2O3/c1-6-17-18(23-13-22-17)11-14(1)12-19-15-2-4-16(5-3-15)20-7-9-21-10-8-20/h1-6,11-12H,7-10,13H2. The molecular formula is C18H18N2O3. The first kappa shape index (κ1) is 14.1. The number of ether oxygens (including phenoxy) is 3. The van der Waals surface area contributed by atoms with Gasteiger partial charge in [-0.15, -0.1) is 0 Å². The summed E-state index contributed by atoms with van der Waals surface area (Å²) in [6, 6.07) is 14.1. The molecule has 5 heteroatoms. The number of benzene rings is 2. The highest BCUT2D eigenvalue weighted by molar-refractivity contribution is 5.83. The topological polar surface area (TPSA) is 43.3 Å². The third-order valence-electron chi connectivity index (χ3n) is 3.99. The van der Waals surface area contributed by atoms with Gasteiger partial charge in [0.15, 0.2) is 11.5 Å². The normalized spacial score (nSPS) is 17.0. The zero-order valence-corrected chi connectivity index (χ0v) is 12.8. The van der Waals surface area contributed by atoms with Gasteiger partial charge in [0, 0.05) is 25.0 Å². The molecule has 118 valence electrons. The van der Waals surface area contributed by atoms with Crippen LogP contribution in [-0.2, 0) is 4.74 Å². The van der Waals surface area contributed by atoms with Crippen molar-refractivity contribution >= 4 is 17.6 Å². The Bertz CT molecular complexity index is 707. The molecule has 2 aromatic rings. The summed E-state index contributed by atoms with van der Waals surface area (Å²) in [6.07, 6.45) is 1.84. The Morgan fingerprint density at radius 2 is 1.70 bits per heavy atom. The molecule has 0 amide bonds. The number of hydrogen-bond acceptors (Lipinski definition) is 5. The first-order chi connectivity index (χ1) is 11.4. The maximum absolute atomic E-state index is 5.38. The van der Waals surface area contributed by atoms with E-state index in [0.29, 0.717) is 6.79 Å².